The third-order valence-electron chi connectivity index (χ3n) is 2.89. The molecule has 1 aromatic rings. The monoisotopic (exact) mass is 248 g/mol. The molecule has 0 spiro atoms. The molecule has 1 amide bonds. The van der Waals surface area contributed by atoms with E-state index in [2.05, 4.69) is 0 Å². The van der Waals surface area contributed by atoms with Gasteiger partial charge in [-0.05, 0) is 31.5 Å². The summed E-state index contributed by atoms with van der Waals surface area (Å²) in [6.07, 6.45) is 0.615. The fourth-order valence-electron chi connectivity index (χ4n) is 2.17. The maximum absolute atomic E-state index is 11.7. The molecule has 18 heavy (non-hydrogen) atoms. The van der Waals surface area contributed by atoms with Crippen LogP contribution < -0.4 is 10.5 Å². The normalized spacial score (nSPS) is 19.7. The van der Waals surface area contributed by atoms with Crippen LogP contribution >= 0.6 is 0 Å². The smallest absolute Gasteiger partial charge is 0.224 e. The van der Waals surface area contributed by atoms with E-state index in [1.54, 1.807) is 4.90 Å². The zero-order chi connectivity index (χ0) is 13.1. The van der Waals surface area contributed by atoms with Crippen molar-refractivity contribution < 1.29 is 9.53 Å². The van der Waals surface area contributed by atoms with Crippen molar-refractivity contribution >= 4 is 5.91 Å². The topological polar surface area (TPSA) is 55.6 Å². The number of hydrogen-bond acceptors (Lipinski definition) is 3. The number of likely N-dealkylation sites (tertiary alicyclic amines) is 1. The molecule has 1 aliphatic heterocycles. The molecule has 0 bridgehead atoms. The van der Waals surface area contributed by atoms with Crippen molar-refractivity contribution in [2.45, 2.75) is 39.0 Å². The standard InChI is InChI=1S/C14H20N2O2/c1-10(2)18-13-5-3-4-11(6-13)8-16-9-12(15)7-14(16)17/h3-6,10,12H,7-9,15H2,1-2H3. The summed E-state index contributed by atoms with van der Waals surface area (Å²) in [5.41, 5.74) is 6.86. The Bertz CT molecular complexity index is 432. The number of benzene rings is 1. The van der Waals surface area contributed by atoms with Gasteiger partial charge in [0.2, 0.25) is 5.91 Å². The molecule has 1 atom stereocenters. The molecule has 1 heterocycles. The lowest BCUT2D eigenvalue weighted by Crippen LogP contribution is -2.27. The first-order valence-electron chi connectivity index (χ1n) is 6.33. The zero-order valence-electron chi connectivity index (χ0n) is 10.9. The summed E-state index contributed by atoms with van der Waals surface area (Å²) in [7, 11) is 0. The minimum Gasteiger partial charge on any atom is -0.491 e. The first-order chi connectivity index (χ1) is 8.54. The van der Waals surface area contributed by atoms with E-state index < -0.39 is 0 Å². The van der Waals surface area contributed by atoms with Crippen molar-refractivity contribution in [3.63, 3.8) is 0 Å². The van der Waals surface area contributed by atoms with Crippen LogP contribution in [0.1, 0.15) is 25.8 Å². The Hall–Kier alpha value is -1.55. The van der Waals surface area contributed by atoms with Gasteiger partial charge in [0.15, 0.2) is 0 Å². The van der Waals surface area contributed by atoms with Gasteiger partial charge in [0.05, 0.1) is 6.10 Å². The molecule has 1 aromatic carbocycles. The molecule has 4 nitrogen and oxygen atoms in total. The van der Waals surface area contributed by atoms with Gasteiger partial charge in [-0.3, -0.25) is 4.79 Å². The molecule has 2 rings (SSSR count). The van der Waals surface area contributed by atoms with Gasteiger partial charge < -0.3 is 15.4 Å². The maximum Gasteiger partial charge on any atom is 0.224 e. The minimum atomic E-state index is -0.0207. The van der Waals surface area contributed by atoms with Crippen LogP contribution in [0.15, 0.2) is 24.3 Å². The number of carbonyl (C=O) groups is 1. The second-order valence-electron chi connectivity index (χ2n) is 5.05. The molecule has 0 aromatic heterocycles. The molecule has 0 aliphatic carbocycles. The third kappa shape index (κ3) is 3.23. The maximum atomic E-state index is 11.7. The average Bonchev–Trinajstić information content (AvgIpc) is 2.57. The van der Waals surface area contributed by atoms with E-state index in [0.29, 0.717) is 19.5 Å². The molecule has 2 N–H and O–H groups in total. The summed E-state index contributed by atoms with van der Waals surface area (Å²) in [6, 6.07) is 7.85. The van der Waals surface area contributed by atoms with Crippen molar-refractivity contribution in [1.29, 1.82) is 0 Å². The van der Waals surface area contributed by atoms with Gasteiger partial charge in [-0.2, -0.15) is 0 Å². The van der Waals surface area contributed by atoms with Crippen LogP contribution in [0.2, 0.25) is 0 Å². The second kappa shape index (κ2) is 5.40. The Kier molecular flexibility index (Phi) is 3.87. The fraction of sp³-hybridized carbons (Fsp3) is 0.500. The quantitative estimate of drug-likeness (QED) is 0.879. The van der Waals surface area contributed by atoms with E-state index in [1.165, 1.54) is 0 Å². The van der Waals surface area contributed by atoms with Crippen LogP contribution in [-0.2, 0) is 11.3 Å². The molecule has 1 fully saturated rings. The highest BCUT2D eigenvalue weighted by molar-refractivity contribution is 5.79. The average molecular weight is 248 g/mol. The second-order valence-corrected chi connectivity index (χ2v) is 5.05. The summed E-state index contributed by atoms with van der Waals surface area (Å²) in [5, 5.41) is 0. The van der Waals surface area contributed by atoms with Crippen molar-refractivity contribution in [3.05, 3.63) is 29.8 Å². The Morgan fingerprint density at radius 3 is 2.89 bits per heavy atom. The van der Waals surface area contributed by atoms with Gasteiger partial charge in [0.25, 0.3) is 0 Å². The van der Waals surface area contributed by atoms with Crippen LogP contribution in [0.4, 0.5) is 0 Å². The Balaban J connectivity index is 2.03. The lowest BCUT2D eigenvalue weighted by molar-refractivity contribution is -0.128. The number of rotatable bonds is 4. The molecular weight excluding hydrogens is 228 g/mol. The third-order valence-corrected chi connectivity index (χ3v) is 2.89. The Morgan fingerprint density at radius 1 is 1.50 bits per heavy atom. The van der Waals surface area contributed by atoms with E-state index in [4.69, 9.17) is 10.5 Å². The molecule has 1 unspecified atom stereocenters. The Morgan fingerprint density at radius 2 is 2.28 bits per heavy atom. The largest absolute Gasteiger partial charge is 0.491 e. The fourth-order valence-corrected chi connectivity index (χ4v) is 2.17. The lowest BCUT2D eigenvalue weighted by atomic mass is 10.2. The first kappa shape index (κ1) is 12.9. The molecule has 1 aliphatic rings. The van der Waals surface area contributed by atoms with Crippen LogP contribution in [0.3, 0.4) is 0 Å². The lowest BCUT2D eigenvalue weighted by Gasteiger charge is -2.17. The number of amides is 1. The van der Waals surface area contributed by atoms with Crippen LogP contribution in [0.25, 0.3) is 0 Å². The molecule has 1 saturated heterocycles. The van der Waals surface area contributed by atoms with Gasteiger partial charge in [0, 0.05) is 25.6 Å². The molecule has 0 radical (unpaired) electrons. The van der Waals surface area contributed by atoms with E-state index >= 15 is 0 Å². The molecule has 98 valence electrons. The Labute approximate surface area is 108 Å². The van der Waals surface area contributed by atoms with Crippen molar-refractivity contribution in [3.8, 4) is 5.75 Å². The number of nitrogens with two attached hydrogens (primary N) is 1. The highest BCUT2D eigenvalue weighted by Gasteiger charge is 2.26. The van der Waals surface area contributed by atoms with Crippen molar-refractivity contribution in [1.82, 2.24) is 4.90 Å². The summed E-state index contributed by atoms with van der Waals surface area (Å²) in [6.45, 7) is 5.25. The first-order valence-corrected chi connectivity index (χ1v) is 6.33. The van der Waals surface area contributed by atoms with E-state index in [-0.39, 0.29) is 18.1 Å². The SMILES string of the molecule is CC(C)Oc1cccc(CN2CC(N)CC2=O)c1. The summed E-state index contributed by atoms with van der Waals surface area (Å²) in [5.74, 6) is 0.983. The van der Waals surface area contributed by atoms with Gasteiger partial charge in [-0.1, -0.05) is 12.1 Å². The van der Waals surface area contributed by atoms with E-state index in [9.17, 15) is 4.79 Å². The van der Waals surface area contributed by atoms with Crippen LogP contribution in [-0.4, -0.2) is 29.5 Å². The van der Waals surface area contributed by atoms with Crippen LogP contribution in [0, 0.1) is 0 Å². The highest BCUT2D eigenvalue weighted by atomic mass is 16.5. The van der Waals surface area contributed by atoms with Crippen molar-refractivity contribution in [2.24, 2.45) is 5.73 Å². The van der Waals surface area contributed by atoms with Gasteiger partial charge >= 0.3 is 0 Å². The summed E-state index contributed by atoms with van der Waals surface area (Å²) >= 11 is 0. The van der Waals surface area contributed by atoms with Gasteiger partial charge in [-0.25, -0.2) is 0 Å². The number of hydrogen-bond donors (Lipinski definition) is 1. The van der Waals surface area contributed by atoms with Gasteiger partial charge in [-0.15, -0.1) is 0 Å². The van der Waals surface area contributed by atoms with Crippen molar-refractivity contribution in [2.75, 3.05) is 6.54 Å². The predicted molar refractivity (Wildman–Crippen MR) is 70.2 cm³/mol. The van der Waals surface area contributed by atoms with E-state index in [0.717, 1.165) is 11.3 Å². The molecular formula is C14H20N2O2. The highest BCUT2D eigenvalue weighted by Crippen LogP contribution is 2.18. The molecule has 0 saturated carbocycles. The number of nitrogens with zero attached hydrogens (tertiary/aromatic N) is 1. The number of carbonyl (C=O) groups excluding carboxylic acids is 1. The van der Waals surface area contributed by atoms with Crippen LogP contribution in [0.5, 0.6) is 5.75 Å². The zero-order valence-corrected chi connectivity index (χ0v) is 10.9. The summed E-state index contributed by atoms with van der Waals surface area (Å²) < 4.78 is 5.64. The predicted octanol–water partition coefficient (Wildman–Crippen LogP) is 1.53. The number of ether oxygens (including phenoxy) is 1. The van der Waals surface area contributed by atoms with E-state index in [1.807, 2.05) is 38.1 Å². The summed E-state index contributed by atoms with van der Waals surface area (Å²) in [4.78, 5) is 13.5. The molecule has 4 heteroatoms. The minimum absolute atomic E-state index is 0.0207. The van der Waals surface area contributed by atoms with Gasteiger partial charge in [0.1, 0.15) is 5.75 Å².